The Balaban J connectivity index is 1.72. The molecule has 0 aliphatic carbocycles. The van der Waals surface area contributed by atoms with E-state index in [0.717, 1.165) is 13.1 Å². The number of nitrogens with one attached hydrogen (secondary N) is 1. The van der Waals surface area contributed by atoms with Gasteiger partial charge in [0.15, 0.2) is 0 Å². The summed E-state index contributed by atoms with van der Waals surface area (Å²) in [6, 6.07) is 17.4. The van der Waals surface area contributed by atoms with Crippen LogP contribution in [0.5, 0.6) is 0 Å². The second-order valence-electron chi connectivity index (χ2n) is 8.69. The van der Waals surface area contributed by atoms with Crippen molar-refractivity contribution >= 4 is 11.6 Å². The van der Waals surface area contributed by atoms with E-state index in [1.54, 1.807) is 0 Å². The summed E-state index contributed by atoms with van der Waals surface area (Å²) in [6.07, 6.45) is 0. The van der Waals surface area contributed by atoms with Crippen LogP contribution in [0.1, 0.15) is 56.5 Å². The van der Waals surface area contributed by atoms with E-state index in [4.69, 9.17) is 5.11 Å². The normalized spacial score (nSPS) is 19.9. The van der Waals surface area contributed by atoms with Crippen LogP contribution in [0.3, 0.4) is 0 Å². The molecule has 6 heteroatoms. The number of carbonyl (C=O) groups is 1. The van der Waals surface area contributed by atoms with E-state index in [2.05, 4.69) is 82.8 Å². The Morgan fingerprint density at radius 3 is 2.50 bits per heavy atom. The zero-order chi connectivity index (χ0) is 21.3. The Morgan fingerprint density at radius 1 is 1.07 bits per heavy atom. The number of para-hydroxylation sites is 1. The second kappa shape index (κ2) is 8.46. The van der Waals surface area contributed by atoms with Crippen LogP contribution in [-0.2, 0) is 11.3 Å². The van der Waals surface area contributed by atoms with Gasteiger partial charge in [-0.3, -0.25) is 9.80 Å². The lowest BCUT2D eigenvalue weighted by Gasteiger charge is -2.37. The highest BCUT2D eigenvalue weighted by Crippen LogP contribution is 2.48. The zero-order valence-electron chi connectivity index (χ0n) is 18.2. The van der Waals surface area contributed by atoms with Gasteiger partial charge in [0, 0.05) is 42.8 Å². The molecule has 6 nitrogen and oxygen atoms in total. The highest BCUT2D eigenvalue weighted by Gasteiger charge is 2.40. The summed E-state index contributed by atoms with van der Waals surface area (Å²) in [6.45, 7) is 10.3. The first-order valence-corrected chi connectivity index (χ1v) is 10.9. The number of amides is 1. The number of carbonyl (C=O) groups excluding carboxylic acids is 1. The highest BCUT2D eigenvalue weighted by atomic mass is 16.1. The van der Waals surface area contributed by atoms with Gasteiger partial charge in [0.25, 0.3) is 0 Å². The molecule has 2 aromatic carbocycles. The standard InChI is InChI=1S/C24H31N5O/c1-16(2)24(30)25-13-14-28-15-18-9-5-6-10-19(18)23-22(26-27-29(23)17(3)4)20-11-7-8-12-21(20)28/h5-12,16-17,22-23H,13-15H2,1-4H3,(H,25,30). The van der Waals surface area contributed by atoms with E-state index in [1.165, 1.54) is 22.4 Å². The first-order chi connectivity index (χ1) is 14.5. The molecule has 0 bridgehead atoms. The molecular weight excluding hydrogens is 374 g/mol. The third kappa shape index (κ3) is 3.78. The number of benzene rings is 2. The molecular formula is C24H31N5O. The van der Waals surface area contributed by atoms with Gasteiger partial charge in [0.2, 0.25) is 5.91 Å². The summed E-state index contributed by atoms with van der Waals surface area (Å²) in [5, 5.41) is 14.5. The van der Waals surface area contributed by atoms with Gasteiger partial charge >= 0.3 is 0 Å². The monoisotopic (exact) mass is 405 g/mol. The molecule has 0 aromatic heterocycles. The molecule has 158 valence electrons. The molecule has 2 unspecified atom stereocenters. The largest absolute Gasteiger partial charge is 0.365 e. The van der Waals surface area contributed by atoms with E-state index >= 15 is 0 Å². The molecule has 2 aliphatic heterocycles. The Bertz CT molecular complexity index is 939. The molecule has 2 aliphatic rings. The van der Waals surface area contributed by atoms with Gasteiger partial charge in [-0.05, 0) is 31.0 Å². The topological polar surface area (TPSA) is 60.3 Å². The first-order valence-electron chi connectivity index (χ1n) is 10.9. The third-order valence-electron chi connectivity index (χ3n) is 5.93. The maximum Gasteiger partial charge on any atom is 0.222 e. The molecule has 2 atom stereocenters. The zero-order valence-corrected chi connectivity index (χ0v) is 18.2. The van der Waals surface area contributed by atoms with Crippen molar-refractivity contribution in [2.24, 2.45) is 16.3 Å². The van der Waals surface area contributed by atoms with Crippen LogP contribution in [0.4, 0.5) is 5.69 Å². The van der Waals surface area contributed by atoms with Crippen molar-refractivity contribution in [1.82, 2.24) is 10.3 Å². The minimum absolute atomic E-state index is 0.00739. The molecule has 0 saturated heterocycles. The summed E-state index contributed by atoms with van der Waals surface area (Å²) in [7, 11) is 0. The molecule has 1 amide bonds. The van der Waals surface area contributed by atoms with Crippen molar-refractivity contribution < 1.29 is 4.79 Å². The van der Waals surface area contributed by atoms with Crippen molar-refractivity contribution in [2.45, 2.75) is 52.4 Å². The SMILES string of the molecule is CC(C)C(=O)NCCN1Cc2ccccc2C2C(N=NN2C(C)C)c2ccccc21. The summed E-state index contributed by atoms with van der Waals surface area (Å²) >= 11 is 0. The molecule has 4 rings (SSSR count). The number of nitrogens with zero attached hydrogens (tertiary/aromatic N) is 4. The first kappa shape index (κ1) is 20.4. The van der Waals surface area contributed by atoms with Crippen molar-refractivity contribution in [3.63, 3.8) is 0 Å². The lowest BCUT2D eigenvalue weighted by Crippen LogP contribution is -2.38. The quantitative estimate of drug-likeness (QED) is 0.787. The predicted molar refractivity (Wildman–Crippen MR) is 119 cm³/mol. The fourth-order valence-electron chi connectivity index (χ4n) is 4.35. The predicted octanol–water partition coefficient (Wildman–Crippen LogP) is 4.65. The molecule has 30 heavy (non-hydrogen) atoms. The van der Waals surface area contributed by atoms with Crippen molar-refractivity contribution in [3.8, 4) is 0 Å². The molecule has 2 heterocycles. The Morgan fingerprint density at radius 2 is 1.77 bits per heavy atom. The number of hydrogen-bond donors (Lipinski definition) is 1. The van der Waals surface area contributed by atoms with Crippen LogP contribution in [0.15, 0.2) is 58.9 Å². The number of rotatable bonds is 5. The van der Waals surface area contributed by atoms with E-state index in [0.29, 0.717) is 6.54 Å². The van der Waals surface area contributed by atoms with Crippen molar-refractivity contribution in [3.05, 3.63) is 65.2 Å². The van der Waals surface area contributed by atoms with Crippen LogP contribution in [-0.4, -0.2) is 30.0 Å². The van der Waals surface area contributed by atoms with E-state index < -0.39 is 0 Å². The van der Waals surface area contributed by atoms with Gasteiger partial charge in [-0.25, -0.2) is 0 Å². The summed E-state index contributed by atoms with van der Waals surface area (Å²) in [5.74, 6) is 0.0833. The number of hydrogen-bond acceptors (Lipinski definition) is 5. The van der Waals surface area contributed by atoms with Gasteiger partial charge in [-0.1, -0.05) is 61.5 Å². The van der Waals surface area contributed by atoms with Crippen LogP contribution in [0, 0.1) is 5.92 Å². The summed E-state index contributed by atoms with van der Waals surface area (Å²) in [4.78, 5) is 14.4. The van der Waals surface area contributed by atoms with Gasteiger partial charge in [0.05, 0.1) is 0 Å². The highest BCUT2D eigenvalue weighted by molar-refractivity contribution is 5.77. The van der Waals surface area contributed by atoms with Crippen LogP contribution in [0.25, 0.3) is 0 Å². The lowest BCUT2D eigenvalue weighted by atomic mass is 9.87. The minimum Gasteiger partial charge on any atom is -0.365 e. The van der Waals surface area contributed by atoms with Crippen LogP contribution in [0.2, 0.25) is 0 Å². The van der Waals surface area contributed by atoms with E-state index in [-0.39, 0.29) is 30.0 Å². The molecule has 2 aromatic rings. The Hall–Kier alpha value is -2.89. The van der Waals surface area contributed by atoms with Crippen molar-refractivity contribution in [2.75, 3.05) is 18.0 Å². The third-order valence-corrected chi connectivity index (χ3v) is 5.93. The smallest absolute Gasteiger partial charge is 0.222 e. The molecule has 0 saturated carbocycles. The second-order valence-corrected chi connectivity index (χ2v) is 8.69. The Kier molecular flexibility index (Phi) is 5.75. The molecule has 0 spiro atoms. The average molecular weight is 406 g/mol. The molecule has 0 fully saturated rings. The van der Waals surface area contributed by atoms with Gasteiger partial charge in [-0.15, -0.1) is 0 Å². The molecule has 0 radical (unpaired) electrons. The van der Waals surface area contributed by atoms with Gasteiger partial charge in [0.1, 0.15) is 12.1 Å². The van der Waals surface area contributed by atoms with Gasteiger partial charge in [-0.2, -0.15) is 5.11 Å². The Labute approximate surface area is 179 Å². The average Bonchev–Trinajstić information content (AvgIpc) is 3.17. The maximum atomic E-state index is 12.0. The molecule has 1 N–H and O–H groups in total. The summed E-state index contributed by atoms with van der Waals surface area (Å²) < 4.78 is 0. The lowest BCUT2D eigenvalue weighted by molar-refractivity contribution is -0.123. The summed E-state index contributed by atoms with van der Waals surface area (Å²) in [5.41, 5.74) is 4.94. The maximum absolute atomic E-state index is 12.0. The number of anilines is 1. The van der Waals surface area contributed by atoms with Crippen LogP contribution < -0.4 is 10.2 Å². The fourth-order valence-corrected chi connectivity index (χ4v) is 4.35. The van der Waals surface area contributed by atoms with E-state index in [1.807, 2.05) is 13.8 Å². The van der Waals surface area contributed by atoms with Crippen molar-refractivity contribution in [1.29, 1.82) is 0 Å². The minimum atomic E-state index is -0.0437. The number of fused-ring (bicyclic) bond motifs is 5. The van der Waals surface area contributed by atoms with E-state index in [9.17, 15) is 4.79 Å². The fraction of sp³-hybridized carbons (Fsp3) is 0.458. The van der Waals surface area contributed by atoms with Gasteiger partial charge < -0.3 is 10.2 Å². The van der Waals surface area contributed by atoms with Crippen LogP contribution >= 0.6 is 0 Å².